The molecule has 1 heterocycles. The van der Waals surface area contributed by atoms with Crippen LogP contribution in [0.3, 0.4) is 0 Å². The number of carboxylic acids is 1. The van der Waals surface area contributed by atoms with Crippen LogP contribution in [0.5, 0.6) is 5.75 Å². The third kappa shape index (κ3) is 6.18. The van der Waals surface area contributed by atoms with Gasteiger partial charge in [0, 0.05) is 41.5 Å². The molecular formula is C23H25ClFNO6. The third-order valence-corrected chi connectivity index (χ3v) is 5.55. The SMILES string of the molecule is C[C@@]1(NC(=O)CCO)C[C@@H](c2ccc(Cl)cc2)O[C@@H](c2ccc(F)cc2OCC(=O)O)C1. The van der Waals surface area contributed by atoms with Crippen molar-refractivity contribution >= 4 is 23.5 Å². The summed E-state index contributed by atoms with van der Waals surface area (Å²) in [5, 5.41) is 21.6. The van der Waals surface area contributed by atoms with Crippen LogP contribution in [0.2, 0.25) is 5.02 Å². The Morgan fingerprint density at radius 2 is 1.91 bits per heavy atom. The Kier molecular flexibility index (Phi) is 7.71. The second kappa shape index (κ2) is 10.3. The van der Waals surface area contributed by atoms with E-state index in [1.165, 1.54) is 12.1 Å². The van der Waals surface area contributed by atoms with Crippen LogP contribution in [0.15, 0.2) is 42.5 Å². The van der Waals surface area contributed by atoms with Gasteiger partial charge in [-0.15, -0.1) is 0 Å². The Labute approximate surface area is 190 Å². The van der Waals surface area contributed by atoms with Crippen LogP contribution in [-0.2, 0) is 14.3 Å². The number of carbonyl (C=O) groups excluding carboxylic acids is 1. The lowest BCUT2D eigenvalue weighted by atomic mass is 9.81. The van der Waals surface area contributed by atoms with Gasteiger partial charge in [0.15, 0.2) is 6.61 Å². The van der Waals surface area contributed by atoms with Crippen molar-refractivity contribution in [2.75, 3.05) is 13.2 Å². The highest BCUT2D eigenvalue weighted by Gasteiger charge is 2.41. The van der Waals surface area contributed by atoms with E-state index in [1.54, 1.807) is 12.1 Å². The maximum absolute atomic E-state index is 13.9. The molecule has 9 heteroatoms. The molecule has 1 fully saturated rings. The van der Waals surface area contributed by atoms with E-state index in [0.29, 0.717) is 23.4 Å². The number of rotatable bonds is 8. The Morgan fingerprint density at radius 1 is 1.22 bits per heavy atom. The van der Waals surface area contributed by atoms with Gasteiger partial charge in [0.2, 0.25) is 5.91 Å². The largest absolute Gasteiger partial charge is 0.481 e. The summed E-state index contributed by atoms with van der Waals surface area (Å²) in [6.45, 7) is 0.976. The van der Waals surface area contributed by atoms with Gasteiger partial charge in [0.05, 0.1) is 18.8 Å². The molecule has 0 unspecified atom stereocenters. The van der Waals surface area contributed by atoms with E-state index in [2.05, 4.69) is 5.32 Å². The molecule has 1 aliphatic heterocycles. The molecule has 3 N–H and O–H groups in total. The van der Waals surface area contributed by atoms with Crippen molar-refractivity contribution in [1.29, 1.82) is 0 Å². The van der Waals surface area contributed by atoms with Gasteiger partial charge >= 0.3 is 5.97 Å². The summed E-state index contributed by atoms with van der Waals surface area (Å²) in [6, 6.07) is 11.0. The zero-order valence-corrected chi connectivity index (χ0v) is 18.3. The third-order valence-electron chi connectivity index (χ3n) is 5.30. The van der Waals surface area contributed by atoms with Crippen molar-refractivity contribution in [3.63, 3.8) is 0 Å². The summed E-state index contributed by atoms with van der Waals surface area (Å²) >= 11 is 6.01. The van der Waals surface area contributed by atoms with Gasteiger partial charge in [0.25, 0.3) is 0 Å². The molecule has 0 aliphatic carbocycles. The highest BCUT2D eigenvalue weighted by molar-refractivity contribution is 6.30. The molecule has 1 amide bonds. The maximum Gasteiger partial charge on any atom is 0.341 e. The van der Waals surface area contributed by atoms with E-state index in [0.717, 1.165) is 11.6 Å². The second-order valence-electron chi connectivity index (χ2n) is 8.02. The van der Waals surface area contributed by atoms with Gasteiger partial charge in [-0.05, 0) is 36.8 Å². The fourth-order valence-electron chi connectivity index (χ4n) is 3.89. The molecule has 1 aliphatic rings. The molecule has 0 radical (unpaired) electrons. The van der Waals surface area contributed by atoms with Gasteiger partial charge in [-0.1, -0.05) is 23.7 Å². The van der Waals surface area contributed by atoms with Crippen LogP contribution >= 0.6 is 11.6 Å². The first kappa shape index (κ1) is 24.0. The Morgan fingerprint density at radius 3 is 2.56 bits per heavy atom. The quantitative estimate of drug-likeness (QED) is 0.547. The topological polar surface area (TPSA) is 105 Å². The number of aliphatic carboxylic acids is 1. The summed E-state index contributed by atoms with van der Waals surface area (Å²) in [5.74, 6) is -1.99. The Hall–Kier alpha value is -2.68. The first-order chi connectivity index (χ1) is 15.2. The van der Waals surface area contributed by atoms with Crippen LogP contribution < -0.4 is 10.1 Å². The van der Waals surface area contributed by atoms with Crippen LogP contribution in [0, 0.1) is 5.82 Å². The van der Waals surface area contributed by atoms with Gasteiger partial charge in [-0.25, -0.2) is 9.18 Å². The number of aliphatic hydroxyl groups excluding tert-OH is 1. The number of halogens is 2. The molecule has 172 valence electrons. The zero-order chi connectivity index (χ0) is 23.3. The number of aliphatic hydroxyl groups is 1. The highest BCUT2D eigenvalue weighted by atomic mass is 35.5. The molecule has 0 saturated carbocycles. The number of benzene rings is 2. The van der Waals surface area contributed by atoms with Crippen molar-refractivity contribution in [2.24, 2.45) is 0 Å². The second-order valence-corrected chi connectivity index (χ2v) is 8.46. The van der Waals surface area contributed by atoms with Crippen LogP contribution in [0.25, 0.3) is 0 Å². The van der Waals surface area contributed by atoms with Crippen molar-refractivity contribution < 1.29 is 33.7 Å². The average molecular weight is 466 g/mol. The van der Waals surface area contributed by atoms with Crippen molar-refractivity contribution in [3.8, 4) is 5.75 Å². The number of amides is 1. The number of hydrogen-bond donors (Lipinski definition) is 3. The molecule has 2 aromatic carbocycles. The molecule has 2 aromatic rings. The molecule has 3 rings (SSSR count). The number of ether oxygens (including phenoxy) is 2. The Balaban J connectivity index is 1.96. The average Bonchev–Trinajstić information content (AvgIpc) is 2.72. The minimum Gasteiger partial charge on any atom is -0.481 e. The van der Waals surface area contributed by atoms with E-state index < -0.39 is 36.1 Å². The summed E-state index contributed by atoms with van der Waals surface area (Å²) in [5.41, 5.74) is 0.614. The maximum atomic E-state index is 13.9. The normalized spacial score (nSPS) is 22.9. The van der Waals surface area contributed by atoms with E-state index in [1.807, 2.05) is 19.1 Å². The summed E-state index contributed by atoms with van der Waals surface area (Å²) in [7, 11) is 0. The van der Waals surface area contributed by atoms with Gasteiger partial charge < -0.3 is 25.0 Å². The van der Waals surface area contributed by atoms with Crippen molar-refractivity contribution in [2.45, 2.75) is 43.9 Å². The fourth-order valence-corrected chi connectivity index (χ4v) is 4.02. The molecule has 1 saturated heterocycles. The monoisotopic (exact) mass is 465 g/mol. The zero-order valence-electron chi connectivity index (χ0n) is 17.5. The molecule has 0 spiro atoms. The number of hydrogen-bond acceptors (Lipinski definition) is 5. The standard InChI is InChI=1S/C23H25ClFNO6/c1-23(26-21(28)8-9-27)11-19(14-2-4-15(24)5-3-14)32-20(12-23)17-7-6-16(25)10-18(17)31-13-22(29)30/h2-7,10,19-20,27H,8-9,11-13H2,1H3,(H,26,28)(H,29,30)/t19-,20+,23+/m0/s1. The first-order valence-electron chi connectivity index (χ1n) is 10.2. The predicted molar refractivity (Wildman–Crippen MR) is 115 cm³/mol. The van der Waals surface area contributed by atoms with Gasteiger partial charge in [-0.2, -0.15) is 0 Å². The Bertz CT molecular complexity index is 969. The van der Waals surface area contributed by atoms with Gasteiger partial charge in [-0.3, -0.25) is 4.79 Å². The van der Waals surface area contributed by atoms with Crippen LogP contribution in [-0.4, -0.2) is 40.8 Å². The summed E-state index contributed by atoms with van der Waals surface area (Å²) in [4.78, 5) is 23.2. The molecule has 7 nitrogen and oxygen atoms in total. The minimum absolute atomic E-state index is 0.0315. The van der Waals surface area contributed by atoms with E-state index in [-0.39, 0.29) is 24.7 Å². The lowest BCUT2D eigenvalue weighted by molar-refractivity contribution is -0.139. The molecule has 32 heavy (non-hydrogen) atoms. The number of carboxylic acid groups (broad SMARTS) is 1. The lowest BCUT2D eigenvalue weighted by Gasteiger charge is -2.43. The predicted octanol–water partition coefficient (Wildman–Crippen LogP) is 3.79. The smallest absolute Gasteiger partial charge is 0.341 e. The fraction of sp³-hybridized carbons (Fsp3) is 0.391. The lowest BCUT2D eigenvalue weighted by Crippen LogP contribution is -2.51. The number of nitrogens with one attached hydrogen (secondary N) is 1. The number of carbonyl (C=O) groups is 2. The van der Waals surface area contributed by atoms with Crippen LogP contribution in [0.1, 0.15) is 49.5 Å². The molecule has 0 bridgehead atoms. The van der Waals surface area contributed by atoms with Crippen molar-refractivity contribution in [1.82, 2.24) is 5.32 Å². The van der Waals surface area contributed by atoms with Crippen molar-refractivity contribution in [3.05, 3.63) is 64.4 Å². The molecule has 0 aromatic heterocycles. The highest BCUT2D eigenvalue weighted by Crippen LogP contribution is 2.46. The van der Waals surface area contributed by atoms with E-state index in [4.69, 9.17) is 31.3 Å². The van der Waals surface area contributed by atoms with Gasteiger partial charge in [0.1, 0.15) is 11.6 Å². The molecule has 3 atom stereocenters. The summed E-state index contributed by atoms with van der Waals surface area (Å²) in [6.07, 6.45) is -0.287. The first-order valence-corrected chi connectivity index (χ1v) is 10.5. The van der Waals surface area contributed by atoms with Crippen LogP contribution in [0.4, 0.5) is 4.39 Å². The van der Waals surface area contributed by atoms with E-state index in [9.17, 15) is 14.0 Å². The minimum atomic E-state index is -1.19. The summed E-state index contributed by atoms with van der Waals surface area (Å²) < 4.78 is 25.5. The van der Waals surface area contributed by atoms with E-state index >= 15 is 0 Å². The molecular weight excluding hydrogens is 441 g/mol.